The molecule has 4 unspecified atom stereocenters. The Kier molecular flexibility index (Phi) is 5.39. The topological polar surface area (TPSA) is 105 Å². The van der Waals surface area contributed by atoms with Gasteiger partial charge < -0.3 is 19.7 Å². The van der Waals surface area contributed by atoms with E-state index in [0.29, 0.717) is 5.57 Å². The molecule has 0 aliphatic carbocycles. The zero-order valence-electron chi connectivity index (χ0n) is 10.3. The van der Waals surface area contributed by atoms with Crippen LogP contribution in [0.25, 0.3) is 0 Å². The lowest BCUT2D eigenvalue weighted by atomic mass is 9.79. The molecule has 0 aromatic carbocycles. The maximum absolute atomic E-state index is 11.2. The fourth-order valence-corrected chi connectivity index (χ4v) is 2.10. The van der Waals surface area contributed by atoms with Crippen molar-refractivity contribution in [3.8, 4) is 0 Å². The molecule has 18 heavy (non-hydrogen) atoms. The Morgan fingerprint density at radius 2 is 2.33 bits per heavy atom. The molecule has 0 bridgehead atoms. The summed E-state index contributed by atoms with van der Waals surface area (Å²) >= 11 is 0. The largest absolute Gasteiger partial charge is 0.498 e. The van der Waals surface area contributed by atoms with Crippen molar-refractivity contribution in [3.63, 3.8) is 0 Å². The second kappa shape index (κ2) is 6.58. The summed E-state index contributed by atoms with van der Waals surface area (Å²) in [5, 5.41) is 21.3. The molecular weight excluding hydrogens is 242 g/mol. The number of hydrogen-bond donors (Lipinski definition) is 2. The Hall–Kier alpha value is -1.31. The highest BCUT2D eigenvalue weighted by Gasteiger charge is 2.38. The van der Waals surface area contributed by atoms with Crippen LogP contribution in [-0.4, -0.2) is 42.2 Å². The van der Waals surface area contributed by atoms with E-state index in [4.69, 9.17) is 9.47 Å². The van der Waals surface area contributed by atoms with Crippen LogP contribution in [0.4, 0.5) is 0 Å². The van der Waals surface area contributed by atoms with Crippen molar-refractivity contribution >= 4 is 5.91 Å². The van der Waals surface area contributed by atoms with Gasteiger partial charge in [0.1, 0.15) is 6.10 Å². The zero-order chi connectivity index (χ0) is 13.7. The smallest absolute Gasteiger partial charge is 0.286 e. The van der Waals surface area contributed by atoms with Crippen LogP contribution in [0.3, 0.4) is 0 Å². The first-order chi connectivity index (χ1) is 8.54. The fraction of sp³-hybridized carbons (Fsp3) is 0.727. The SMILES string of the molecule is COC(O)C1=COC(C)C(CO)C1CC(=O)N=O. The van der Waals surface area contributed by atoms with Crippen molar-refractivity contribution in [1.82, 2.24) is 0 Å². The molecule has 1 heterocycles. The van der Waals surface area contributed by atoms with E-state index in [-0.39, 0.29) is 19.1 Å². The van der Waals surface area contributed by atoms with E-state index >= 15 is 0 Å². The van der Waals surface area contributed by atoms with Gasteiger partial charge in [-0.15, -0.1) is 4.91 Å². The number of hydrogen-bond acceptors (Lipinski definition) is 6. The molecule has 7 heteroatoms. The molecule has 1 aliphatic rings. The molecule has 0 spiro atoms. The van der Waals surface area contributed by atoms with Gasteiger partial charge in [0, 0.05) is 36.1 Å². The first-order valence-corrected chi connectivity index (χ1v) is 5.58. The monoisotopic (exact) mass is 259 g/mol. The molecule has 0 radical (unpaired) electrons. The minimum Gasteiger partial charge on any atom is -0.498 e. The third-order valence-electron chi connectivity index (χ3n) is 3.18. The highest BCUT2D eigenvalue weighted by atomic mass is 16.6. The Labute approximate surface area is 104 Å². The van der Waals surface area contributed by atoms with Gasteiger partial charge >= 0.3 is 0 Å². The summed E-state index contributed by atoms with van der Waals surface area (Å²) in [5.74, 6) is -1.76. The van der Waals surface area contributed by atoms with E-state index in [9.17, 15) is 19.9 Å². The predicted octanol–water partition coefficient (Wildman–Crippen LogP) is 0.162. The van der Waals surface area contributed by atoms with Crippen molar-refractivity contribution < 1.29 is 24.5 Å². The molecule has 4 atom stereocenters. The summed E-state index contributed by atoms with van der Waals surface area (Å²) in [4.78, 5) is 21.3. The average molecular weight is 259 g/mol. The van der Waals surface area contributed by atoms with E-state index < -0.39 is 24.0 Å². The number of aliphatic hydroxyl groups is 2. The summed E-state index contributed by atoms with van der Waals surface area (Å²) < 4.78 is 10.0. The fourth-order valence-electron chi connectivity index (χ4n) is 2.10. The van der Waals surface area contributed by atoms with Gasteiger partial charge in [-0.2, -0.15) is 0 Å². The molecule has 0 saturated carbocycles. The summed E-state index contributed by atoms with van der Waals surface area (Å²) in [5.41, 5.74) is 0.326. The molecule has 102 valence electrons. The number of nitrogens with zero attached hydrogens (tertiary/aromatic N) is 1. The van der Waals surface area contributed by atoms with Gasteiger partial charge in [-0.1, -0.05) is 0 Å². The predicted molar refractivity (Wildman–Crippen MR) is 61.1 cm³/mol. The van der Waals surface area contributed by atoms with E-state index in [1.54, 1.807) is 6.92 Å². The summed E-state index contributed by atoms with van der Waals surface area (Å²) in [6.45, 7) is 1.50. The van der Waals surface area contributed by atoms with E-state index in [1.165, 1.54) is 13.4 Å². The maximum Gasteiger partial charge on any atom is 0.286 e. The third kappa shape index (κ3) is 3.12. The minimum atomic E-state index is -1.24. The molecule has 7 nitrogen and oxygen atoms in total. The Morgan fingerprint density at radius 1 is 1.67 bits per heavy atom. The number of aliphatic hydroxyl groups excluding tert-OH is 2. The summed E-state index contributed by atoms with van der Waals surface area (Å²) in [6, 6.07) is 0. The molecule has 0 saturated heterocycles. The molecule has 1 aliphatic heterocycles. The van der Waals surface area contributed by atoms with E-state index in [1.807, 2.05) is 0 Å². The number of nitroso groups, excluding NO2 is 1. The lowest BCUT2D eigenvalue weighted by Crippen LogP contribution is -2.39. The molecule has 0 aromatic heterocycles. The van der Waals surface area contributed by atoms with Crippen LogP contribution in [-0.2, 0) is 14.3 Å². The van der Waals surface area contributed by atoms with Crippen molar-refractivity contribution in [3.05, 3.63) is 16.7 Å². The number of rotatable bonds is 5. The van der Waals surface area contributed by atoms with Crippen LogP contribution < -0.4 is 0 Å². The minimum absolute atomic E-state index is 0.186. The highest BCUT2D eigenvalue weighted by molar-refractivity contribution is 5.77. The zero-order valence-corrected chi connectivity index (χ0v) is 10.3. The van der Waals surface area contributed by atoms with Crippen LogP contribution in [0.2, 0.25) is 0 Å². The van der Waals surface area contributed by atoms with E-state index in [0.717, 1.165) is 0 Å². The molecule has 2 N–H and O–H groups in total. The van der Waals surface area contributed by atoms with Crippen LogP contribution in [0.1, 0.15) is 13.3 Å². The Balaban J connectivity index is 2.98. The van der Waals surface area contributed by atoms with Crippen LogP contribution >= 0.6 is 0 Å². The van der Waals surface area contributed by atoms with Crippen molar-refractivity contribution in [1.29, 1.82) is 0 Å². The third-order valence-corrected chi connectivity index (χ3v) is 3.18. The van der Waals surface area contributed by atoms with Gasteiger partial charge in [0.25, 0.3) is 5.91 Å². The maximum atomic E-state index is 11.2. The summed E-state index contributed by atoms with van der Waals surface area (Å²) in [6.07, 6.45) is -0.439. The lowest BCUT2D eigenvalue weighted by molar-refractivity contribution is -0.121. The quantitative estimate of drug-likeness (QED) is 0.538. The van der Waals surface area contributed by atoms with E-state index in [2.05, 4.69) is 5.18 Å². The Bertz CT molecular complexity index is 342. The number of amides is 1. The molecule has 0 aromatic rings. The molecule has 1 rings (SSSR count). The first kappa shape index (κ1) is 14.7. The highest BCUT2D eigenvalue weighted by Crippen LogP contribution is 2.35. The van der Waals surface area contributed by atoms with Gasteiger partial charge in [-0.05, 0) is 6.92 Å². The van der Waals surface area contributed by atoms with Gasteiger partial charge in [-0.25, -0.2) is 0 Å². The van der Waals surface area contributed by atoms with Crippen molar-refractivity contribution in [2.45, 2.75) is 25.7 Å². The Morgan fingerprint density at radius 3 is 2.83 bits per heavy atom. The van der Waals surface area contributed by atoms with Crippen LogP contribution in [0.15, 0.2) is 17.0 Å². The number of carbonyl (C=O) groups excluding carboxylic acids is 1. The average Bonchev–Trinajstić information content (AvgIpc) is 2.38. The van der Waals surface area contributed by atoms with Crippen LogP contribution in [0, 0.1) is 16.7 Å². The van der Waals surface area contributed by atoms with Gasteiger partial charge in [0.15, 0.2) is 6.29 Å². The second-order valence-corrected chi connectivity index (χ2v) is 4.19. The molecular formula is C11H17NO6. The van der Waals surface area contributed by atoms with Gasteiger partial charge in [-0.3, -0.25) is 4.79 Å². The molecule has 0 fully saturated rings. The second-order valence-electron chi connectivity index (χ2n) is 4.19. The normalized spacial score (nSPS) is 29.1. The lowest BCUT2D eigenvalue weighted by Gasteiger charge is -2.36. The van der Waals surface area contributed by atoms with Gasteiger partial charge in [0.05, 0.1) is 12.9 Å². The van der Waals surface area contributed by atoms with Gasteiger partial charge in [0.2, 0.25) is 0 Å². The summed E-state index contributed by atoms with van der Waals surface area (Å²) in [7, 11) is 1.30. The first-order valence-electron chi connectivity index (χ1n) is 5.58. The van der Waals surface area contributed by atoms with Crippen molar-refractivity contribution in [2.75, 3.05) is 13.7 Å². The molecule has 1 amide bonds. The number of carbonyl (C=O) groups is 1. The van der Waals surface area contributed by atoms with Crippen LogP contribution in [0.5, 0.6) is 0 Å². The van der Waals surface area contributed by atoms with Crippen molar-refractivity contribution in [2.24, 2.45) is 17.0 Å². The number of ether oxygens (including phenoxy) is 2. The number of methoxy groups -OCH3 is 1. The standard InChI is InChI=1S/C11H17NO6/c1-6-8(4-13)7(3-10(14)12-16)9(5-18-6)11(15)17-2/h5-8,11,13,15H,3-4H2,1-2H3.